The smallest absolute Gasteiger partial charge is 0.295 e. The molecule has 0 atom stereocenters. The summed E-state index contributed by atoms with van der Waals surface area (Å²) in [4.78, 5) is 17.2. The van der Waals surface area contributed by atoms with Crippen molar-refractivity contribution in [3.8, 4) is 17.1 Å². The highest BCUT2D eigenvalue weighted by atomic mass is 35.5. The van der Waals surface area contributed by atoms with E-state index in [1.807, 2.05) is 0 Å². The number of carbonyl (C=O) groups is 1. The van der Waals surface area contributed by atoms with Crippen LogP contribution in [0.1, 0.15) is 10.6 Å². The molecule has 1 N–H and O–H groups in total. The predicted octanol–water partition coefficient (Wildman–Crippen LogP) is 6.80. The minimum absolute atomic E-state index is 0.0130. The van der Waals surface area contributed by atoms with Crippen LogP contribution in [0, 0.1) is 0 Å². The van der Waals surface area contributed by atoms with E-state index in [0.717, 1.165) is 5.56 Å². The molecule has 5 nitrogen and oxygen atoms in total. The van der Waals surface area contributed by atoms with E-state index in [2.05, 4.69) is 15.4 Å². The van der Waals surface area contributed by atoms with E-state index in [1.165, 1.54) is 4.68 Å². The summed E-state index contributed by atoms with van der Waals surface area (Å²) >= 11 is 24.1. The average Bonchev–Trinajstić information content (AvgIpc) is 3.18. The van der Waals surface area contributed by atoms with E-state index >= 15 is 0 Å². The van der Waals surface area contributed by atoms with Gasteiger partial charge in [0.2, 0.25) is 5.82 Å². The van der Waals surface area contributed by atoms with Crippen LogP contribution in [0.4, 0.5) is 5.69 Å². The second-order valence-corrected chi connectivity index (χ2v) is 7.92. The van der Waals surface area contributed by atoms with Crippen molar-refractivity contribution in [1.29, 1.82) is 0 Å². The third-order valence-corrected chi connectivity index (χ3v) is 5.41. The molecule has 0 saturated carbocycles. The number of hydrogen-bond donors (Lipinski definition) is 1. The van der Waals surface area contributed by atoms with Crippen molar-refractivity contribution in [2.24, 2.45) is 0 Å². The van der Waals surface area contributed by atoms with Gasteiger partial charge < -0.3 is 5.32 Å². The molecule has 0 radical (unpaired) electrons. The molecule has 0 bridgehead atoms. The molecule has 0 fully saturated rings. The topological polar surface area (TPSA) is 59.8 Å². The molecule has 150 valence electrons. The molecule has 4 aromatic rings. The molecule has 0 aliphatic carbocycles. The van der Waals surface area contributed by atoms with Crippen molar-refractivity contribution in [3.05, 3.63) is 92.6 Å². The first-order chi connectivity index (χ1) is 14.4. The van der Waals surface area contributed by atoms with E-state index in [4.69, 9.17) is 46.4 Å². The molecule has 0 spiro atoms. The van der Waals surface area contributed by atoms with Crippen molar-refractivity contribution >= 4 is 58.0 Å². The van der Waals surface area contributed by atoms with E-state index in [1.54, 1.807) is 66.7 Å². The van der Waals surface area contributed by atoms with Crippen LogP contribution >= 0.6 is 46.4 Å². The van der Waals surface area contributed by atoms with Crippen LogP contribution in [-0.4, -0.2) is 20.7 Å². The number of rotatable bonds is 4. The highest BCUT2D eigenvalue weighted by Crippen LogP contribution is 2.28. The van der Waals surface area contributed by atoms with Crippen LogP contribution in [0.5, 0.6) is 0 Å². The summed E-state index contributed by atoms with van der Waals surface area (Å²) in [5.74, 6) is -0.0290. The lowest BCUT2D eigenvalue weighted by atomic mass is 10.2. The molecule has 3 aromatic carbocycles. The number of nitrogens with one attached hydrogen (secondary N) is 1. The number of anilines is 1. The Hall–Kier alpha value is -2.57. The van der Waals surface area contributed by atoms with Gasteiger partial charge in [0.15, 0.2) is 5.82 Å². The van der Waals surface area contributed by atoms with Crippen LogP contribution in [0.25, 0.3) is 17.1 Å². The third-order valence-electron chi connectivity index (χ3n) is 4.16. The first-order valence-electron chi connectivity index (χ1n) is 8.66. The first-order valence-corrected chi connectivity index (χ1v) is 10.2. The lowest BCUT2D eigenvalue weighted by molar-refractivity contribution is 0.101. The van der Waals surface area contributed by atoms with Crippen LogP contribution in [0.3, 0.4) is 0 Å². The SMILES string of the molecule is O=C(Nc1ccc(Cl)cc1)c1nc(-c2ccc(Cl)cc2)n(-c2ccc(Cl)c(Cl)c2)n1. The molecule has 0 aliphatic rings. The van der Waals surface area contributed by atoms with Crippen molar-refractivity contribution in [2.45, 2.75) is 0 Å². The Bertz CT molecular complexity index is 1220. The summed E-state index contributed by atoms with van der Waals surface area (Å²) in [6, 6.07) is 18.8. The van der Waals surface area contributed by atoms with Gasteiger partial charge in [-0.05, 0) is 66.7 Å². The normalized spacial score (nSPS) is 10.8. The number of nitrogens with zero attached hydrogens (tertiary/aromatic N) is 3. The fourth-order valence-corrected chi connectivity index (χ4v) is 3.26. The summed E-state index contributed by atoms with van der Waals surface area (Å²) in [6.07, 6.45) is 0. The van der Waals surface area contributed by atoms with Gasteiger partial charge in [0.05, 0.1) is 15.7 Å². The van der Waals surface area contributed by atoms with E-state index in [9.17, 15) is 4.79 Å². The zero-order chi connectivity index (χ0) is 21.3. The number of halogens is 4. The minimum Gasteiger partial charge on any atom is -0.319 e. The van der Waals surface area contributed by atoms with Gasteiger partial charge in [-0.15, -0.1) is 5.10 Å². The number of hydrogen-bond acceptors (Lipinski definition) is 3. The second kappa shape index (κ2) is 8.66. The Balaban J connectivity index is 1.76. The summed E-state index contributed by atoms with van der Waals surface area (Å²) in [6.45, 7) is 0. The average molecular weight is 478 g/mol. The highest BCUT2D eigenvalue weighted by Gasteiger charge is 2.19. The molecule has 0 unspecified atom stereocenters. The molecule has 30 heavy (non-hydrogen) atoms. The number of aromatic nitrogens is 3. The van der Waals surface area contributed by atoms with E-state index < -0.39 is 5.91 Å². The Labute approximate surface area is 192 Å². The fourth-order valence-electron chi connectivity index (χ4n) is 2.71. The van der Waals surface area contributed by atoms with Gasteiger partial charge in [0.25, 0.3) is 5.91 Å². The molecule has 1 aromatic heterocycles. The fraction of sp³-hybridized carbons (Fsp3) is 0. The first kappa shape index (κ1) is 20.7. The molecular weight excluding hydrogens is 466 g/mol. The maximum atomic E-state index is 12.8. The monoisotopic (exact) mass is 476 g/mol. The van der Waals surface area contributed by atoms with Crippen LogP contribution in [-0.2, 0) is 0 Å². The summed E-state index contributed by atoms with van der Waals surface area (Å²) < 4.78 is 1.53. The summed E-state index contributed by atoms with van der Waals surface area (Å²) in [5.41, 5.74) is 1.90. The van der Waals surface area contributed by atoms with Crippen LogP contribution in [0.2, 0.25) is 20.1 Å². The third kappa shape index (κ3) is 4.45. The summed E-state index contributed by atoms with van der Waals surface area (Å²) in [7, 11) is 0. The Morgan fingerprint density at radius 3 is 2.07 bits per heavy atom. The van der Waals surface area contributed by atoms with E-state index in [-0.39, 0.29) is 5.82 Å². The van der Waals surface area contributed by atoms with Gasteiger partial charge in [-0.2, -0.15) is 0 Å². The molecule has 1 heterocycles. The van der Waals surface area contributed by atoms with Crippen molar-refractivity contribution in [3.63, 3.8) is 0 Å². The number of carbonyl (C=O) groups excluding carboxylic acids is 1. The van der Waals surface area contributed by atoms with Crippen molar-refractivity contribution < 1.29 is 4.79 Å². The largest absolute Gasteiger partial charge is 0.319 e. The standard InChI is InChI=1S/C21H12Cl4N4O/c22-13-3-1-12(2-4-13)20-27-19(21(30)26-15-7-5-14(23)6-8-15)28-29(20)16-9-10-17(24)18(25)11-16/h1-11H,(H,26,30). The lowest BCUT2D eigenvalue weighted by Gasteiger charge is -2.07. The van der Waals surface area contributed by atoms with Crippen LogP contribution < -0.4 is 5.32 Å². The van der Waals surface area contributed by atoms with Crippen molar-refractivity contribution in [1.82, 2.24) is 14.8 Å². The number of benzene rings is 3. The van der Waals surface area contributed by atoms with Gasteiger partial charge in [0, 0.05) is 21.3 Å². The molecule has 0 aliphatic heterocycles. The van der Waals surface area contributed by atoms with E-state index in [0.29, 0.717) is 37.3 Å². The molecular formula is C21H12Cl4N4O. The molecule has 4 rings (SSSR count). The summed E-state index contributed by atoms with van der Waals surface area (Å²) in [5, 5.41) is 9.08. The van der Waals surface area contributed by atoms with Gasteiger partial charge in [-0.25, -0.2) is 9.67 Å². The van der Waals surface area contributed by atoms with Gasteiger partial charge >= 0.3 is 0 Å². The Morgan fingerprint density at radius 1 is 0.800 bits per heavy atom. The quantitative estimate of drug-likeness (QED) is 0.351. The predicted molar refractivity (Wildman–Crippen MR) is 121 cm³/mol. The van der Waals surface area contributed by atoms with Gasteiger partial charge in [-0.3, -0.25) is 4.79 Å². The van der Waals surface area contributed by atoms with Gasteiger partial charge in [0.1, 0.15) is 0 Å². The minimum atomic E-state index is -0.466. The molecule has 1 amide bonds. The zero-order valence-electron chi connectivity index (χ0n) is 15.1. The van der Waals surface area contributed by atoms with Crippen LogP contribution in [0.15, 0.2) is 66.7 Å². The lowest BCUT2D eigenvalue weighted by Crippen LogP contribution is -2.14. The number of amides is 1. The maximum absolute atomic E-state index is 12.8. The van der Waals surface area contributed by atoms with Gasteiger partial charge in [-0.1, -0.05) is 46.4 Å². The molecule has 0 saturated heterocycles. The second-order valence-electron chi connectivity index (χ2n) is 6.24. The zero-order valence-corrected chi connectivity index (χ0v) is 18.1. The Morgan fingerprint density at radius 2 is 1.43 bits per heavy atom. The molecule has 9 heteroatoms. The maximum Gasteiger partial charge on any atom is 0.295 e. The van der Waals surface area contributed by atoms with Crippen molar-refractivity contribution in [2.75, 3.05) is 5.32 Å². The highest BCUT2D eigenvalue weighted by molar-refractivity contribution is 6.42. The Kier molecular flexibility index (Phi) is 5.97.